The number of ether oxygens (including phenoxy) is 1. The molecule has 0 radical (unpaired) electrons. The molecule has 154 valence electrons. The summed E-state index contributed by atoms with van der Waals surface area (Å²) in [6.07, 6.45) is 0.869. The molecule has 2 heterocycles. The van der Waals surface area contributed by atoms with Crippen molar-refractivity contribution in [3.8, 4) is 0 Å². The van der Waals surface area contributed by atoms with E-state index in [2.05, 4.69) is 0 Å². The highest BCUT2D eigenvalue weighted by Gasteiger charge is 2.39. The molecule has 0 saturated carbocycles. The van der Waals surface area contributed by atoms with Crippen LogP contribution in [-0.4, -0.2) is 80.4 Å². The highest BCUT2D eigenvalue weighted by Crippen LogP contribution is 2.24. The third-order valence-electron chi connectivity index (χ3n) is 5.45. The van der Waals surface area contributed by atoms with E-state index in [9.17, 15) is 18.0 Å². The minimum absolute atomic E-state index is 0.133. The van der Waals surface area contributed by atoms with Crippen molar-refractivity contribution in [2.75, 3.05) is 39.8 Å². The molecule has 2 saturated heterocycles. The quantitative estimate of drug-likeness (QED) is 0.752. The predicted molar refractivity (Wildman–Crippen MR) is 103 cm³/mol. The van der Waals surface area contributed by atoms with Crippen LogP contribution in [0, 0.1) is 13.8 Å². The first kappa shape index (κ1) is 20.6. The number of amides is 2. The van der Waals surface area contributed by atoms with Crippen molar-refractivity contribution in [2.24, 2.45) is 0 Å². The van der Waals surface area contributed by atoms with Crippen LogP contribution in [-0.2, 0) is 19.6 Å². The summed E-state index contributed by atoms with van der Waals surface area (Å²) in [5.74, 6) is -0.133. The lowest BCUT2D eigenvalue weighted by atomic mass is 10.2. The van der Waals surface area contributed by atoms with E-state index in [-0.39, 0.29) is 19.0 Å². The molecule has 0 N–H and O–H groups in total. The summed E-state index contributed by atoms with van der Waals surface area (Å²) >= 11 is 0. The van der Waals surface area contributed by atoms with Crippen molar-refractivity contribution >= 4 is 22.0 Å². The number of carbonyl (C=O) groups is 2. The van der Waals surface area contributed by atoms with Gasteiger partial charge in [0.15, 0.2) is 0 Å². The van der Waals surface area contributed by atoms with E-state index < -0.39 is 22.2 Å². The van der Waals surface area contributed by atoms with Gasteiger partial charge in [-0.3, -0.25) is 9.69 Å². The number of nitrogens with zero attached hydrogens (tertiary/aromatic N) is 3. The Kier molecular flexibility index (Phi) is 5.95. The van der Waals surface area contributed by atoms with Gasteiger partial charge in [-0.25, -0.2) is 13.2 Å². The third-order valence-corrected chi connectivity index (χ3v) is 7.50. The van der Waals surface area contributed by atoms with Crippen LogP contribution in [0.1, 0.15) is 24.0 Å². The standard InChI is InChI=1S/C19H27N3O5S/c1-14-6-7-17(15(2)13-14)28(25,26)21-11-9-20(10-12-21)18(23)16-5-4-8-22(16)19(24)27-3/h6-7,13,16H,4-5,8-12H2,1-3H3. The maximum atomic E-state index is 13.0. The molecule has 9 heteroatoms. The van der Waals surface area contributed by atoms with Crippen molar-refractivity contribution in [3.63, 3.8) is 0 Å². The number of benzene rings is 1. The largest absolute Gasteiger partial charge is 0.453 e. The van der Waals surface area contributed by atoms with Gasteiger partial charge in [0.2, 0.25) is 15.9 Å². The summed E-state index contributed by atoms with van der Waals surface area (Å²) in [5.41, 5.74) is 1.73. The zero-order valence-electron chi connectivity index (χ0n) is 16.6. The van der Waals surface area contributed by atoms with Crippen molar-refractivity contribution in [1.82, 2.24) is 14.1 Å². The van der Waals surface area contributed by atoms with Gasteiger partial charge in [-0.2, -0.15) is 4.31 Å². The van der Waals surface area contributed by atoms with Gasteiger partial charge in [0.25, 0.3) is 0 Å². The predicted octanol–water partition coefficient (Wildman–Crippen LogP) is 1.37. The number of likely N-dealkylation sites (tertiary alicyclic amines) is 1. The second-order valence-corrected chi connectivity index (χ2v) is 9.23. The minimum Gasteiger partial charge on any atom is -0.453 e. The maximum absolute atomic E-state index is 13.0. The molecule has 0 bridgehead atoms. The van der Waals surface area contributed by atoms with Gasteiger partial charge in [0.05, 0.1) is 12.0 Å². The van der Waals surface area contributed by atoms with E-state index in [1.165, 1.54) is 16.3 Å². The topological polar surface area (TPSA) is 87.2 Å². The maximum Gasteiger partial charge on any atom is 0.410 e. The molecule has 0 aliphatic carbocycles. The van der Waals surface area contributed by atoms with E-state index in [0.717, 1.165) is 17.5 Å². The average Bonchev–Trinajstić information content (AvgIpc) is 3.16. The lowest BCUT2D eigenvalue weighted by Gasteiger charge is -2.36. The normalized spacial score (nSPS) is 21.0. The van der Waals surface area contributed by atoms with Gasteiger partial charge in [0, 0.05) is 32.7 Å². The van der Waals surface area contributed by atoms with Crippen molar-refractivity contribution < 1.29 is 22.7 Å². The molecule has 2 aliphatic heterocycles. The lowest BCUT2D eigenvalue weighted by molar-refractivity contribution is -0.136. The summed E-state index contributed by atoms with van der Waals surface area (Å²) in [6.45, 7) is 5.33. The van der Waals surface area contributed by atoms with Gasteiger partial charge in [-0.1, -0.05) is 17.7 Å². The van der Waals surface area contributed by atoms with Gasteiger partial charge in [-0.15, -0.1) is 0 Å². The molecule has 3 rings (SSSR count). The highest BCUT2D eigenvalue weighted by atomic mass is 32.2. The molecular weight excluding hydrogens is 382 g/mol. The van der Waals surface area contributed by atoms with Crippen LogP contribution in [0.15, 0.2) is 23.1 Å². The number of sulfonamides is 1. The van der Waals surface area contributed by atoms with Gasteiger partial charge >= 0.3 is 6.09 Å². The molecule has 0 spiro atoms. The fourth-order valence-electron chi connectivity index (χ4n) is 3.95. The third kappa shape index (κ3) is 3.86. The number of hydrogen-bond donors (Lipinski definition) is 0. The fourth-order valence-corrected chi connectivity index (χ4v) is 5.57. The van der Waals surface area contributed by atoms with Crippen molar-refractivity contribution in [2.45, 2.75) is 37.6 Å². The van der Waals surface area contributed by atoms with E-state index >= 15 is 0 Å². The number of methoxy groups -OCH3 is 1. The molecular formula is C19H27N3O5S. The first-order chi connectivity index (χ1) is 13.3. The van der Waals surface area contributed by atoms with E-state index in [0.29, 0.717) is 31.0 Å². The Hall–Kier alpha value is -2.13. The molecule has 1 atom stereocenters. The molecule has 8 nitrogen and oxygen atoms in total. The van der Waals surface area contributed by atoms with Crippen LogP contribution < -0.4 is 0 Å². The van der Waals surface area contributed by atoms with Crippen molar-refractivity contribution in [3.05, 3.63) is 29.3 Å². The first-order valence-corrected chi connectivity index (χ1v) is 10.9. The molecule has 2 amide bonds. The zero-order valence-corrected chi connectivity index (χ0v) is 17.4. The average molecular weight is 410 g/mol. The molecule has 2 aliphatic rings. The van der Waals surface area contributed by atoms with Crippen molar-refractivity contribution in [1.29, 1.82) is 0 Å². The van der Waals surface area contributed by atoms with Crippen LogP contribution in [0.2, 0.25) is 0 Å². The lowest BCUT2D eigenvalue weighted by Crippen LogP contribution is -2.55. The Balaban J connectivity index is 1.67. The van der Waals surface area contributed by atoms with Crippen LogP contribution in [0.5, 0.6) is 0 Å². The second kappa shape index (κ2) is 8.08. The first-order valence-electron chi connectivity index (χ1n) is 9.46. The molecule has 1 aromatic rings. The van der Waals surface area contributed by atoms with Gasteiger partial charge < -0.3 is 9.64 Å². The van der Waals surface area contributed by atoms with Gasteiger partial charge in [0.1, 0.15) is 6.04 Å². The Morgan fingerprint density at radius 2 is 1.75 bits per heavy atom. The Morgan fingerprint density at radius 3 is 2.36 bits per heavy atom. The Labute approximate surface area is 166 Å². The molecule has 1 aromatic carbocycles. The number of rotatable bonds is 3. The Bertz CT molecular complexity index is 862. The number of hydrogen-bond acceptors (Lipinski definition) is 5. The number of aryl methyl sites for hydroxylation is 2. The van der Waals surface area contributed by atoms with E-state index in [4.69, 9.17) is 4.74 Å². The van der Waals surface area contributed by atoms with Crippen LogP contribution in [0.3, 0.4) is 0 Å². The molecule has 2 fully saturated rings. The highest BCUT2D eigenvalue weighted by molar-refractivity contribution is 7.89. The van der Waals surface area contributed by atoms with Crippen LogP contribution >= 0.6 is 0 Å². The second-order valence-electron chi connectivity index (χ2n) is 7.32. The fraction of sp³-hybridized carbons (Fsp3) is 0.579. The summed E-state index contributed by atoms with van der Waals surface area (Å²) in [6, 6.07) is 4.77. The molecule has 28 heavy (non-hydrogen) atoms. The monoisotopic (exact) mass is 409 g/mol. The van der Waals surface area contributed by atoms with Crippen LogP contribution in [0.25, 0.3) is 0 Å². The summed E-state index contributed by atoms with van der Waals surface area (Å²) in [7, 11) is -2.29. The zero-order chi connectivity index (χ0) is 20.5. The molecule has 1 unspecified atom stereocenters. The van der Waals surface area contributed by atoms with E-state index in [1.54, 1.807) is 24.0 Å². The molecule has 0 aromatic heterocycles. The summed E-state index contributed by atoms with van der Waals surface area (Å²) < 4.78 is 32.2. The Morgan fingerprint density at radius 1 is 1.07 bits per heavy atom. The smallest absolute Gasteiger partial charge is 0.410 e. The van der Waals surface area contributed by atoms with Gasteiger partial charge in [-0.05, 0) is 38.3 Å². The minimum atomic E-state index is -3.59. The van der Waals surface area contributed by atoms with Crippen LogP contribution in [0.4, 0.5) is 4.79 Å². The summed E-state index contributed by atoms with van der Waals surface area (Å²) in [5, 5.41) is 0. The SMILES string of the molecule is COC(=O)N1CCCC1C(=O)N1CCN(S(=O)(=O)c2ccc(C)cc2C)CC1. The number of piperazine rings is 1. The summed E-state index contributed by atoms with van der Waals surface area (Å²) in [4.78, 5) is 28.1. The number of carbonyl (C=O) groups excluding carboxylic acids is 2. The van der Waals surface area contributed by atoms with E-state index in [1.807, 2.05) is 13.0 Å².